The number of nitrogens with zero attached hydrogens (tertiary/aromatic N) is 1. The Morgan fingerprint density at radius 2 is 1.69 bits per heavy atom. The van der Waals surface area contributed by atoms with Crippen molar-refractivity contribution in [3.63, 3.8) is 0 Å². The van der Waals surface area contributed by atoms with Crippen LogP contribution in [-0.4, -0.2) is 19.1 Å². The summed E-state index contributed by atoms with van der Waals surface area (Å²) in [7, 11) is -4.13. The molecule has 0 saturated carbocycles. The van der Waals surface area contributed by atoms with E-state index in [0.717, 1.165) is 0 Å². The van der Waals surface area contributed by atoms with Crippen LogP contribution < -0.4 is 5.73 Å². The van der Waals surface area contributed by atoms with Gasteiger partial charge >= 0.3 is 0 Å². The molecule has 9 heteroatoms. The van der Waals surface area contributed by atoms with Gasteiger partial charge in [-0.2, -0.15) is 0 Å². The summed E-state index contributed by atoms with van der Waals surface area (Å²) in [4.78, 5) is 23.6. The summed E-state index contributed by atoms with van der Waals surface area (Å²) in [5.74, 6) is -1.19. The van der Waals surface area contributed by atoms with Gasteiger partial charge in [0.15, 0.2) is 5.78 Å². The first kappa shape index (κ1) is 21.8. The molecule has 2 aromatic rings. The highest BCUT2D eigenvalue weighted by Crippen LogP contribution is 2.50. The number of nitro groups is 1. The molecule has 1 aliphatic heterocycles. The number of hydrogen-bond acceptors (Lipinski definition) is 7. The van der Waals surface area contributed by atoms with Crippen molar-refractivity contribution in [3.8, 4) is 0 Å². The van der Waals surface area contributed by atoms with Crippen LogP contribution in [0.2, 0.25) is 0 Å². The predicted molar refractivity (Wildman–Crippen MR) is 117 cm³/mol. The first-order valence-corrected chi connectivity index (χ1v) is 11.5. The van der Waals surface area contributed by atoms with E-state index in [-0.39, 0.29) is 44.6 Å². The molecule has 1 heterocycles. The predicted octanol–water partition coefficient (Wildman–Crippen LogP) is 3.95. The molecule has 1 aliphatic carbocycles. The minimum Gasteiger partial charge on any atom is -0.444 e. The van der Waals surface area contributed by atoms with Crippen molar-refractivity contribution in [3.05, 3.63) is 92.4 Å². The van der Waals surface area contributed by atoms with E-state index in [0.29, 0.717) is 17.7 Å². The number of benzene rings is 2. The maximum Gasteiger partial charge on any atom is 0.269 e. The van der Waals surface area contributed by atoms with E-state index in [4.69, 9.17) is 10.5 Å². The Labute approximate surface area is 185 Å². The van der Waals surface area contributed by atoms with E-state index >= 15 is 0 Å². The quantitative estimate of drug-likeness (QED) is 0.547. The normalized spacial score (nSPS) is 20.6. The number of Topliss-reactive ketones (excluding diaryl/α,β-unsaturated/α-hetero) is 1. The van der Waals surface area contributed by atoms with Crippen LogP contribution in [-0.2, 0) is 19.4 Å². The molecule has 0 fully saturated rings. The Bertz CT molecular complexity index is 1280. The maximum absolute atomic E-state index is 13.6. The van der Waals surface area contributed by atoms with Gasteiger partial charge in [0.2, 0.25) is 15.7 Å². The molecule has 2 aromatic carbocycles. The molecule has 0 amide bonds. The highest BCUT2D eigenvalue weighted by Gasteiger charge is 2.46. The zero-order valence-electron chi connectivity index (χ0n) is 17.6. The number of sulfone groups is 1. The fraction of sp³-hybridized carbons (Fsp3) is 0.261. The molecule has 166 valence electrons. The van der Waals surface area contributed by atoms with E-state index in [9.17, 15) is 23.3 Å². The van der Waals surface area contributed by atoms with Crippen LogP contribution in [0.4, 0.5) is 5.69 Å². The second kappa shape index (κ2) is 7.59. The number of allylic oxidation sites excluding steroid dienone is 3. The van der Waals surface area contributed by atoms with Crippen LogP contribution in [0, 0.1) is 15.5 Å². The Morgan fingerprint density at radius 1 is 1.06 bits per heavy atom. The highest BCUT2D eigenvalue weighted by molar-refractivity contribution is 7.95. The van der Waals surface area contributed by atoms with Crippen molar-refractivity contribution in [1.29, 1.82) is 0 Å². The first-order valence-electron chi connectivity index (χ1n) is 9.99. The minimum absolute atomic E-state index is 0.0149. The summed E-state index contributed by atoms with van der Waals surface area (Å²) in [6, 6.07) is 13.2. The van der Waals surface area contributed by atoms with Gasteiger partial charge in [0.1, 0.15) is 10.7 Å². The van der Waals surface area contributed by atoms with Crippen molar-refractivity contribution in [2.24, 2.45) is 11.1 Å². The van der Waals surface area contributed by atoms with Gasteiger partial charge in [-0.1, -0.05) is 44.2 Å². The van der Waals surface area contributed by atoms with Gasteiger partial charge in [-0.3, -0.25) is 14.9 Å². The SMILES string of the molecule is CC1(C)CC(=O)C2=C(C1)OC(N)=C(S(=O)(=O)c1ccccc1)C2c1ccc([N+](=O)[O-])cc1. The Hall–Kier alpha value is -3.46. The number of ether oxygens (including phenoxy) is 1. The summed E-state index contributed by atoms with van der Waals surface area (Å²) in [6.07, 6.45) is 0.633. The molecular formula is C23H22N2O6S. The first-order chi connectivity index (χ1) is 15.0. The van der Waals surface area contributed by atoms with Gasteiger partial charge in [-0.05, 0) is 23.1 Å². The lowest BCUT2D eigenvalue weighted by Gasteiger charge is -2.38. The maximum atomic E-state index is 13.6. The number of non-ortho nitro benzene ring substituents is 1. The number of carbonyl (C=O) groups excluding carboxylic acids is 1. The summed E-state index contributed by atoms with van der Waals surface area (Å²) >= 11 is 0. The van der Waals surface area contributed by atoms with Crippen LogP contribution in [0.25, 0.3) is 0 Å². The number of carbonyl (C=O) groups is 1. The largest absolute Gasteiger partial charge is 0.444 e. The lowest BCUT2D eigenvalue weighted by molar-refractivity contribution is -0.384. The van der Waals surface area contributed by atoms with Gasteiger partial charge in [-0.25, -0.2) is 8.42 Å². The van der Waals surface area contributed by atoms with Gasteiger partial charge in [0.25, 0.3) is 5.69 Å². The topological polar surface area (TPSA) is 130 Å². The molecule has 0 aromatic heterocycles. The van der Waals surface area contributed by atoms with Crippen molar-refractivity contribution in [2.75, 3.05) is 0 Å². The molecule has 0 radical (unpaired) electrons. The van der Waals surface area contributed by atoms with E-state index in [1.165, 1.54) is 36.4 Å². The third-order valence-corrected chi connectivity index (χ3v) is 7.59. The zero-order valence-corrected chi connectivity index (χ0v) is 18.4. The fourth-order valence-corrected chi connectivity index (χ4v) is 5.91. The molecular weight excluding hydrogens is 432 g/mol. The lowest BCUT2D eigenvalue weighted by atomic mass is 9.72. The average molecular weight is 455 g/mol. The molecule has 2 aliphatic rings. The minimum atomic E-state index is -4.13. The molecule has 32 heavy (non-hydrogen) atoms. The Morgan fingerprint density at radius 3 is 2.28 bits per heavy atom. The van der Waals surface area contributed by atoms with Crippen molar-refractivity contribution in [2.45, 2.75) is 37.5 Å². The van der Waals surface area contributed by atoms with Crippen LogP contribution in [0.3, 0.4) is 0 Å². The van der Waals surface area contributed by atoms with Crippen LogP contribution >= 0.6 is 0 Å². The number of hydrogen-bond donors (Lipinski definition) is 1. The Kier molecular flexibility index (Phi) is 5.16. The monoisotopic (exact) mass is 454 g/mol. The van der Waals surface area contributed by atoms with Gasteiger partial charge < -0.3 is 10.5 Å². The van der Waals surface area contributed by atoms with Gasteiger partial charge in [0, 0.05) is 30.5 Å². The zero-order chi connectivity index (χ0) is 23.3. The molecule has 8 nitrogen and oxygen atoms in total. The number of nitrogens with two attached hydrogens (primary N) is 1. The Balaban J connectivity index is 1.95. The molecule has 0 saturated heterocycles. The van der Waals surface area contributed by atoms with Crippen LogP contribution in [0.15, 0.2) is 81.6 Å². The second-order valence-electron chi connectivity index (χ2n) is 8.71. The molecule has 1 atom stereocenters. The number of nitro benzene ring substituents is 1. The van der Waals surface area contributed by atoms with Crippen molar-refractivity contribution < 1.29 is 22.9 Å². The molecule has 1 unspecified atom stereocenters. The van der Waals surface area contributed by atoms with Gasteiger partial charge in [0.05, 0.1) is 15.7 Å². The van der Waals surface area contributed by atoms with Crippen molar-refractivity contribution in [1.82, 2.24) is 0 Å². The van der Waals surface area contributed by atoms with Crippen LogP contribution in [0.5, 0.6) is 0 Å². The third kappa shape index (κ3) is 3.69. The van der Waals surface area contributed by atoms with E-state index in [1.807, 2.05) is 13.8 Å². The van der Waals surface area contributed by atoms with E-state index in [2.05, 4.69) is 0 Å². The number of ketones is 1. The molecule has 0 spiro atoms. The lowest BCUT2D eigenvalue weighted by Crippen LogP contribution is -2.35. The summed E-state index contributed by atoms with van der Waals surface area (Å²) in [5, 5.41) is 11.1. The van der Waals surface area contributed by atoms with Gasteiger partial charge in [-0.15, -0.1) is 0 Å². The standard InChI is InChI=1S/C23H22N2O6S/c1-23(2)12-17(26)20-18(13-23)31-22(24)21(32(29,30)16-6-4-3-5-7-16)19(20)14-8-10-15(11-9-14)25(27)28/h3-11,19H,12-13,24H2,1-2H3. The summed E-state index contributed by atoms with van der Waals surface area (Å²) in [6.45, 7) is 3.85. The third-order valence-electron chi connectivity index (χ3n) is 5.69. The van der Waals surface area contributed by atoms with E-state index in [1.54, 1.807) is 18.2 Å². The second-order valence-corrected chi connectivity index (χ2v) is 10.6. The smallest absolute Gasteiger partial charge is 0.269 e. The summed E-state index contributed by atoms with van der Waals surface area (Å²) in [5.41, 5.74) is 6.31. The molecule has 4 rings (SSSR count). The molecule has 2 N–H and O–H groups in total. The van der Waals surface area contributed by atoms with E-state index < -0.39 is 20.7 Å². The van der Waals surface area contributed by atoms with Crippen LogP contribution in [0.1, 0.15) is 38.2 Å². The average Bonchev–Trinajstić information content (AvgIpc) is 2.72. The van der Waals surface area contributed by atoms with Crippen molar-refractivity contribution >= 4 is 21.3 Å². The highest BCUT2D eigenvalue weighted by atomic mass is 32.2. The number of rotatable bonds is 4. The molecule has 0 bridgehead atoms. The summed E-state index contributed by atoms with van der Waals surface area (Å²) < 4.78 is 33.0. The fourth-order valence-electron chi connectivity index (χ4n) is 4.27.